The minimum absolute atomic E-state index is 0.298. The normalized spacial score (nSPS) is 21.5. The van der Waals surface area contributed by atoms with Crippen molar-refractivity contribution in [2.45, 2.75) is 249 Å². The van der Waals surface area contributed by atoms with Gasteiger partial charge in [0.2, 0.25) is 5.91 Å². The third-order valence-corrected chi connectivity index (χ3v) is 11.5. The zero-order valence-electron chi connectivity index (χ0n) is 38.1. The molecule has 10 nitrogen and oxygen atoms in total. The Hall–Kier alpha value is -1.89. The Labute approximate surface area is 366 Å². The molecule has 1 rings (SSSR count). The van der Waals surface area contributed by atoms with Crippen LogP contribution in [0.2, 0.25) is 0 Å². The van der Waals surface area contributed by atoms with Crippen molar-refractivity contribution in [3.8, 4) is 0 Å². The summed E-state index contributed by atoms with van der Waals surface area (Å²) in [6.45, 7) is 3.55. The molecule has 0 unspecified atom stereocenters. The lowest BCUT2D eigenvalue weighted by Gasteiger charge is -2.40. The van der Waals surface area contributed by atoms with Crippen molar-refractivity contribution in [3.05, 3.63) is 48.6 Å². The van der Waals surface area contributed by atoms with Crippen LogP contribution in [0.25, 0.3) is 0 Å². The van der Waals surface area contributed by atoms with Crippen LogP contribution >= 0.6 is 0 Å². The highest BCUT2D eigenvalue weighted by Crippen LogP contribution is 2.23. The highest BCUT2D eigenvalue weighted by Gasteiger charge is 2.44. The van der Waals surface area contributed by atoms with Crippen LogP contribution in [-0.2, 0) is 14.3 Å². The maximum absolute atomic E-state index is 13.0. The smallest absolute Gasteiger partial charge is 0.249 e. The Bertz CT molecular complexity index is 1100. The first-order valence-corrected chi connectivity index (χ1v) is 24.5. The molecule has 0 spiro atoms. The summed E-state index contributed by atoms with van der Waals surface area (Å²) < 4.78 is 11.1. The van der Waals surface area contributed by atoms with Crippen LogP contribution in [0.3, 0.4) is 0 Å². The number of aliphatic hydroxyl groups excluding tert-OH is 6. The van der Waals surface area contributed by atoms with Crippen LogP contribution in [0.5, 0.6) is 0 Å². The molecule has 8 atom stereocenters. The first-order valence-electron chi connectivity index (χ1n) is 24.5. The molecule has 0 aromatic heterocycles. The van der Waals surface area contributed by atoms with E-state index in [1.807, 2.05) is 12.2 Å². The van der Waals surface area contributed by atoms with Crippen LogP contribution in [0, 0.1) is 0 Å². The van der Waals surface area contributed by atoms with Gasteiger partial charge in [-0.2, -0.15) is 0 Å². The predicted molar refractivity (Wildman–Crippen MR) is 245 cm³/mol. The Balaban J connectivity index is 2.36. The summed E-state index contributed by atoms with van der Waals surface area (Å²) in [4.78, 5) is 13.0. The molecule has 1 aliphatic heterocycles. The number of nitrogens with one attached hydrogen (secondary N) is 1. The average Bonchev–Trinajstić information content (AvgIpc) is 3.25. The maximum atomic E-state index is 13.0. The van der Waals surface area contributed by atoms with Gasteiger partial charge in [-0.3, -0.25) is 4.79 Å². The fourth-order valence-electron chi connectivity index (χ4n) is 7.46. The molecule has 0 aliphatic carbocycles. The summed E-state index contributed by atoms with van der Waals surface area (Å²) in [6.07, 6.45) is 40.6. The van der Waals surface area contributed by atoms with Crippen LogP contribution in [-0.4, -0.2) is 98.7 Å². The number of ether oxygens (including phenoxy) is 2. The lowest BCUT2D eigenvalue weighted by Crippen LogP contribution is -2.60. The van der Waals surface area contributed by atoms with Crippen molar-refractivity contribution in [1.82, 2.24) is 5.32 Å². The molecule has 0 bridgehead atoms. The van der Waals surface area contributed by atoms with Crippen molar-refractivity contribution in [3.63, 3.8) is 0 Å². The SMILES string of the molecule is CCCCCCC/C=C/C=C/CC/C=C/[C@@H](O)[C@H](CO[C@@H]1O[C@H](CO)[C@@H](O)[C@H](O)[C@H]1O)NC(=O)[C@H](O)CCCCCCCCCCCCCCC=CCCCCCCCC. The second kappa shape index (κ2) is 39.9. The molecule has 350 valence electrons. The molecule has 7 N–H and O–H groups in total. The standard InChI is InChI=1S/C50H91NO9/c1-3-5-7-9-11-13-15-17-18-19-20-21-22-23-24-25-27-29-31-33-35-37-39-44(54)49(58)51-42(41-59-50-48(57)47(56)46(55)45(40-52)60-50)43(53)38-36-34-32-30-28-26-16-14-12-10-8-6-4-2/h16-18,26,28,30,36,38,42-48,50,52-57H,3-15,19-25,27,29,31-35,37,39-41H2,1-2H3,(H,51,58)/b18-17?,26-16+,30-28+,38-36+/t42-,43+,44+,45+,46+,47-,48+,50+/m0/s1. The Morgan fingerprint density at radius 2 is 1.03 bits per heavy atom. The molecule has 10 heteroatoms. The van der Waals surface area contributed by atoms with Gasteiger partial charge >= 0.3 is 0 Å². The molecule has 1 heterocycles. The number of aliphatic hydroxyl groups is 6. The number of hydrogen-bond donors (Lipinski definition) is 7. The summed E-state index contributed by atoms with van der Waals surface area (Å²) in [6, 6.07) is -1.01. The van der Waals surface area contributed by atoms with Gasteiger partial charge in [0.15, 0.2) is 6.29 Å². The first kappa shape index (κ1) is 56.1. The molecule has 1 aliphatic rings. The van der Waals surface area contributed by atoms with Gasteiger partial charge in [-0.25, -0.2) is 0 Å². The van der Waals surface area contributed by atoms with Gasteiger partial charge in [0.25, 0.3) is 0 Å². The van der Waals surface area contributed by atoms with Gasteiger partial charge in [0.1, 0.15) is 30.5 Å². The quantitative estimate of drug-likeness (QED) is 0.0180. The van der Waals surface area contributed by atoms with E-state index in [1.165, 1.54) is 135 Å². The van der Waals surface area contributed by atoms with Crippen LogP contribution in [0.1, 0.15) is 200 Å². The highest BCUT2D eigenvalue weighted by molar-refractivity contribution is 5.80. The maximum Gasteiger partial charge on any atom is 0.249 e. The number of hydrogen-bond acceptors (Lipinski definition) is 9. The fraction of sp³-hybridized carbons (Fsp3) is 0.820. The van der Waals surface area contributed by atoms with Gasteiger partial charge < -0.3 is 45.4 Å². The number of rotatable bonds is 40. The van der Waals surface area contributed by atoms with Gasteiger partial charge in [0.05, 0.1) is 25.4 Å². The number of unbranched alkanes of at least 4 members (excludes halogenated alkanes) is 24. The van der Waals surface area contributed by atoms with Crippen molar-refractivity contribution < 1.29 is 44.9 Å². The highest BCUT2D eigenvalue weighted by atomic mass is 16.7. The number of amides is 1. The van der Waals surface area contributed by atoms with Crippen molar-refractivity contribution in [2.24, 2.45) is 0 Å². The van der Waals surface area contributed by atoms with E-state index in [0.29, 0.717) is 19.3 Å². The van der Waals surface area contributed by atoms with Crippen LogP contribution < -0.4 is 5.32 Å². The molecule has 1 saturated heterocycles. The number of carbonyl (C=O) groups is 1. The van der Waals surface area contributed by atoms with Crippen molar-refractivity contribution in [1.29, 1.82) is 0 Å². The van der Waals surface area contributed by atoms with Gasteiger partial charge in [-0.15, -0.1) is 0 Å². The van der Waals surface area contributed by atoms with E-state index in [-0.39, 0.29) is 6.61 Å². The molecule has 60 heavy (non-hydrogen) atoms. The third kappa shape index (κ3) is 29.4. The Morgan fingerprint density at radius 3 is 1.55 bits per heavy atom. The van der Waals surface area contributed by atoms with Crippen LogP contribution in [0.4, 0.5) is 0 Å². The minimum Gasteiger partial charge on any atom is -0.394 e. The summed E-state index contributed by atoms with van der Waals surface area (Å²) in [7, 11) is 0. The van der Waals surface area contributed by atoms with E-state index in [0.717, 1.165) is 32.1 Å². The molecule has 0 aromatic rings. The molecule has 0 saturated carbocycles. The van der Waals surface area contributed by atoms with Gasteiger partial charge in [-0.05, 0) is 57.8 Å². The number of allylic oxidation sites excluding steroid dienone is 7. The van der Waals surface area contributed by atoms with Crippen molar-refractivity contribution >= 4 is 5.91 Å². The van der Waals surface area contributed by atoms with E-state index in [2.05, 4.69) is 49.5 Å². The molecule has 0 aromatic carbocycles. The summed E-state index contributed by atoms with van der Waals surface area (Å²) >= 11 is 0. The lowest BCUT2D eigenvalue weighted by atomic mass is 9.99. The molecular formula is C50H91NO9. The summed E-state index contributed by atoms with van der Waals surface area (Å²) in [5, 5.41) is 64.6. The summed E-state index contributed by atoms with van der Waals surface area (Å²) in [5.74, 6) is -0.634. The molecule has 1 fully saturated rings. The molecular weight excluding hydrogens is 759 g/mol. The minimum atomic E-state index is -1.62. The van der Waals surface area contributed by atoms with E-state index in [4.69, 9.17) is 9.47 Å². The zero-order chi connectivity index (χ0) is 43.9. The topological polar surface area (TPSA) is 169 Å². The van der Waals surface area contributed by atoms with Gasteiger partial charge in [0, 0.05) is 0 Å². The van der Waals surface area contributed by atoms with Gasteiger partial charge in [-0.1, -0.05) is 191 Å². The zero-order valence-corrected chi connectivity index (χ0v) is 38.1. The average molecular weight is 850 g/mol. The first-order chi connectivity index (χ1) is 29.3. The third-order valence-electron chi connectivity index (χ3n) is 11.5. The summed E-state index contributed by atoms with van der Waals surface area (Å²) in [5.41, 5.74) is 0. The second-order valence-electron chi connectivity index (χ2n) is 17.1. The Morgan fingerprint density at radius 1 is 0.583 bits per heavy atom. The lowest BCUT2D eigenvalue weighted by molar-refractivity contribution is -0.302. The van der Waals surface area contributed by atoms with Crippen LogP contribution in [0.15, 0.2) is 48.6 Å². The molecule has 0 radical (unpaired) electrons. The fourth-order valence-corrected chi connectivity index (χ4v) is 7.46. The van der Waals surface area contributed by atoms with E-state index in [1.54, 1.807) is 6.08 Å². The van der Waals surface area contributed by atoms with E-state index < -0.39 is 61.5 Å². The van der Waals surface area contributed by atoms with E-state index >= 15 is 0 Å². The van der Waals surface area contributed by atoms with E-state index in [9.17, 15) is 35.4 Å². The Kier molecular flexibility index (Phi) is 37.3. The monoisotopic (exact) mass is 850 g/mol. The predicted octanol–water partition coefficient (Wildman–Crippen LogP) is 9.59. The number of carbonyl (C=O) groups excluding carboxylic acids is 1. The van der Waals surface area contributed by atoms with Crippen molar-refractivity contribution in [2.75, 3.05) is 13.2 Å². The second-order valence-corrected chi connectivity index (χ2v) is 17.1. The largest absolute Gasteiger partial charge is 0.394 e. The molecule has 1 amide bonds.